The first-order valence-electron chi connectivity index (χ1n) is 6.30. The van der Waals surface area contributed by atoms with Gasteiger partial charge in [-0.2, -0.15) is 0 Å². The van der Waals surface area contributed by atoms with E-state index in [-0.39, 0.29) is 6.61 Å². The van der Waals surface area contributed by atoms with E-state index in [4.69, 9.17) is 16.3 Å². The lowest BCUT2D eigenvalue weighted by molar-refractivity contribution is 0.117. The van der Waals surface area contributed by atoms with Gasteiger partial charge in [0.05, 0.1) is 5.02 Å². The molecule has 0 aliphatic rings. The summed E-state index contributed by atoms with van der Waals surface area (Å²) >= 11 is 12.8. The number of benzene rings is 2. The average Bonchev–Trinajstić information content (AvgIpc) is 2.47. The lowest BCUT2D eigenvalue weighted by Gasteiger charge is -2.15. The molecule has 0 aliphatic carbocycles. The maximum absolute atomic E-state index is 9.97. The third-order valence-electron chi connectivity index (χ3n) is 2.72. The van der Waals surface area contributed by atoms with E-state index in [9.17, 15) is 5.11 Å². The number of ether oxygens (including phenoxy) is 1. The van der Waals surface area contributed by atoms with Gasteiger partial charge in [-0.15, -0.1) is 0 Å². The van der Waals surface area contributed by atoms with Crippen LogP contribution in [0.3, 0.4) is 0 Å². The molecule has 0 aromatic heterocycles. The van der Waals surface area contributed by atoms with Crippen molar-refractivity contribution in [3.05, 3.63) is 56.4 Å². The Bertz CT molecular complexity index is 610. The van der Waals surface area contributed by atoms with E-state index in [0.717, 1.165) is 14.6 Å². The maximum atomic E-state index is 9.97. The summed E-state index contributed by atoms with van der Waals surface area (Å²) in [6.07, 6.45) is -0.646. The van der Waals surface area contributed by atoms with Crippen molar-refractivity contribution in [2.75, 3.05) is 18.5 Å². The summed E-state index contributed by atoms with van der Waals surface area (Å²) in [7, 11) is 0. The molecule has 6 heteroatoms. The van der Waals surface area contributed by atoms with Gasteiger partial charge in [-0.1, -0.05) is 39.7 Å². The normalized spacial score (nSPS) is 12.0. The molecule has 1 unspecified atom stereocenters. The quantitative estimate of drug-likeness (QED) is 0.690. The van der Waals surface area contributed by atoms with E-state index in [1.54, 1.807) is 12.1 Å². The second-order valence-electron chi connectivity index (χ2n) is 4.40. The van der Waals surface area contributed by atoms with Crippen LogP contribution in [0.2, 0.25) is 5.02 Å². The Morgan fingerprint density at radius 1 is 1.19 bits per heavy atom. The molecule has 0 saturated carbocycles. The number of nitrogens with one attached hydrogen (secondary N) is 1. The molecule has 0 spiro atoms. The topological polar surface area (TPSA) is 41.5 Å². The van der Waals surface area contributed by atoms with Crippen molar-refractivity contribution in [3.63, 3.8) is 0 Å². The highest BCUT2D eigenvalue weighted by atomic mass is 79.9. The van der Waals surface area contributed by atoms with Crippen LogP contribution in [-0.4, -0.2) is 24.4 Å². The molecule has 0 saturated heterocycles. The van der Waals surface area contributed by atoms with Crippen LogP contribution < -0.4 is 10.1 Å². The number of halogens is 3. The van der Waals surface area contributed by atoms with Gasteiger partial charge in [0.1, 0.15) is 18.5 Å². The number of rotatable bonds is 6. The van der Waals surface area contributed by atoms with Crippen LogP contribution in [0.4, 0.5) is 5.69 Å². The van der Waals surface area contributed by atoms with E-state index < -0.39 is 6.10 Å². The molecule has 0 amide bonds. The molecule has 0 bridgehead atoms. The molecule has 0 heterocycles. The summed E-state index contributed by atoms with van der Waals surface area (Å²) in [4.78, 5) is 0. The van der Waals surface area contributed by atoms with Gasteiger partial charge in [-0.3, -0.25) is 0 Å². The van der Waals surface area contributed by atoms with Gasteiger partial charge in [0.25, 0.3) is 0 Å². The lowest BCUT2D eigenvalue weighted by atomic mass is 10.3. The van der Waals surface area contributed by atoms with Crippen molar-refractivity contribution in [3.8, 4) is 5.75 Å². The zero-order chi connectivity index (χ0) is 15.2. The SMILES string of the molecule is OC(CNc1cc(Br)ccc1Br)COc1ccccc1Cl. The van der Waals surface area contributed by atoms with Crippen LogP contribution in [0.1, 0.15) is 0 Å². The van der Waals surface area contributed by atoms with E-state index in [1.807, 2.05) is 30.3 Å². The minimum atomic E-state index is -0.646. The van der Waals surface area contributed by atoms with Crippen LogP contribution in [0, 0.1) is 0 Å². The third-order valence-corrected chi connectivity index (χ3v) is 4.22. The molecular formula is C15H14Br2ClNO2. The molecular weight excluding hydrogens is 421 g/mol. The monoisotopic (exact) mass is 433 g/mol. The van der Waals surface area contributed by atoms with Gasteiger partial charge >= 0.3 is 0 Å². The van der Waals surface area contributed by atoms with Crippen LogP contribution in [0.25, 0.3) is 0 Å². The Kier molecular flexibility index (Phi) is 6.36. The van der Waals surface area contributed by atoms with Crippen molar-refractivity contribution >= 4 is 49.1 Å². The highest BCUT2D eigenvalue weighted by molar-refractivity contribution is 9.11. The smallest absolute Gasteiger partial charge is 0.138 e. The molecule has 1 atom stereocenters. The van der Waals surface area contributed by atoms with Gasteiger partial charge in [0, 0.05) is 21.2 Å². The predicted molar refractivity (Wildman–Crippen MR) is 93.3 cm³/mol. The van der Waals surface area contributed by atoms with Gasteiger partial charge in [-0.25, -0.2) is 0 Å². The minimum Gasteiger partial charge on any atom is -0.489 e. The number of para-hydroxylation sites is 1. The molecule has 3 nitrogen and oxygen atoms in total. The molecule has 2 aromatic carbocycles. The zero-order valence-corrected chi connectivity index (χ0v) is 15.0. The summed E-state index contributed by atoms with van der Waals surface area (Å²) in [5, 5.41) is 13.7. The van der Waals surface area contributed by atoms with E-state index >= 15 is 0 Å². The van der Waals surface area contributed by atoms with Crippen molar-refractivity contribution in [1.82, 2.24) is 0 Å². The van der Waals surface area contributed by atoms with Crippen molar-refractivity contribution in [1.29, 1.82) is 0 Å². The Hall–Kier alpha value is -0.750. The number of aliphatic hydroxyl groups is 1. The molecule has 0 fully saturated rings. The number of aliphatic hydroxyl groups excluding tert-OH is 1. The highest BCUT2D eigenvalue weighted by Crippen LogP contribution is 2.26. The Labute approximate surface area is 145 Å². The van der Waals surface area contributed by atoms with E-state index in [2.05, 4.69) is 37.2 Å². The standard InChI is InChI=1S/C15H14Br2ClNO2/c16-10-5-6-12(17)14(7-10)19-8-11(20)9-21-15-4-2-1-3-13(15)18/h1-7,11,19-20H,8-9H2. The number of hydrogen-bond acceptors (Lipinski definition) is 3. The average molecular weight is 436 g/mol. The molecule has 2 N–H and O–H groups in total. The molecule has 2 aromatic rings. The summed E-state index contributed by atoms with van der Waals surface area (Å²) in [6, 6.07) is 13.0. The van der Waals surface area contributed by atoms with Crippen molar-refractivity contribution in [2.45, 2.75) is 6.10 Å². The molecule has 112 valence electrons. The largest absolute Gasteiger partial charge is 0.489 e. The molecule has 0 aliphatic heterocycles. The van der Waals surface area contributed by atoms with Crippen LogP contribution in [-0.2, 0) is 0 Å². The number of hydrogen-bond donors (Lipinski definition) is 2. The second kappa shape index (κ2) is 8.03. The summed E-state index contributed by atoms with van der Waals surface area (Å²) in [5.41, 5.74) is 0.904. The van der Waals surface area contributed by atoms with E-state index in [1.165, 1.54) is 0 Å². The van der Waals surface area contributed by atoms with Crippen molar-refractivity contribution in [2.24, 2.45) is 0 Å². The summed E-state index contributed by atoms with van der Waals surface area (Å²) in [6.45, 7) is 0.544. The predicted octanol–water partition coefficient (Wildman–Crippen LogP) is 4.72. The minimum absolute atomic E-state index is 0.169. The Morgan fingerprint density at radius 2 is 1.95 bits per heavy atom. The third kappa shape index (κ3) is 5.18. The molecule has 0 radical (unpaired) electrons. The molecule has 21 heavy (non-hydrogen) atoms. The fourth-order valence-corrected chi connectivity index (χ4v) is 2.61. The van der Waals surface area contributed by atoms with Gasteiger partial charge in [0.2, 0.25) is 0 Å². The first kappa shape index (κ1) is 16.6. The second-order valence-corrected chi connectivity index (χ2v) is 6.58. The Balaban J connectivity index is 1.84. The lowest BCUT2D eigenvalue weighted by Crippen LogP contribution is -2.26. The van der Waals surface area contributed by atoms with Gasteiger partial charge in [0.15, 0.2) is 0 Å². The zero-order valence-electron chi connectivity index (χ0n) is 11.0. The van der Waals surface area contributed by atoms with Gasteiger partial charge in [-0.05, 0) is 46.3 Å². The number of anilines is 1. The van der Waals surface area contributed by atoms with E-state index in [0.29, 0.717) is 17.3 Å². The van der Waals surface area contributed by atoms with Crippen LogP contribution in [0.5, 0.6) is 5.75 Å². The Morgan fingerprint density at radius 3 is 2.71 bits per heavy atom. The first-order valence-corrected chi connectivity index (χ1v) is 8.27. The van der Waals surface area contributed by atoms with Crippen LogP contribution >= 0.6 is 43.5 Å². The maximum Gasteiger partial charge on any atom is 0.138 e. The fourth-order valence-electron chi connectivity index (χ4n) is 1.67. The highest BCUT2D eigenvalue weighted by Gasteiger charge is 2.08. The fraction of sp³-hybridized carbons (Fsp3) is 0.200. The first-order chi connectivity index (χ1) is 10.1. The summed E-state index contributed by atoms with van der Waals surface area (Å²) in [5.74, 6) is 0.571. The van der Waals surface area contributed by atoms with Crippen molar-refractivity contribution < 1.29 is 9.84 Å². The summed E-state index contributed by atoms with van der Waals surface area (Å²) < 4.78 is 7.40. The van der Waals surface area contributed by atoms with Crippen LogP contribution in [0.15, 0.2) is 51.4 Å². The molecule has 2 rings (SSSR count). The van der Waals surface area contributed by atoms with Gasteiger partial charge < -0.3 is 15.2 Å².